The van der Waals surface area contributed by atoms with Gasteiger partial charge in [-0.15, -0.1) is 0 Å². The van der Waals surface area contributed by atoms with Gasteiger partial charge in [0.05, 0.1) is 11.2 Å². The summed E-state index contributed by atoms with van der Waals surface area (Å²) in [5.74, 6) is 0.386. The van der Waals surface area contributed by atoms with Gasteiger partial charge >= 0.3 is 13.2 Å². The molecule has 0 N–H and O–H groups in total. The molecule has 3 rings (SSSR count). The highest BCUT2D eigenvalue weighted by molar-refractivity contribution is 6.54. The molecule has 29 heavy (non-hydrogen) atoms. The first-order chi connectivity index (χ1) is 13.3. The summed E-state index contributed by atoms with van der Waals surface area (Å²) in [6, 6.07) is 0. The molecular formula is C22H37BN2O4. The largest absolute Gasteiger partial charge is 0.490 e. The molecule has 2 fully saturated rings. The highest BCUT2D eigenvalue weighted by Gasteiger charge is 2.53. The molecule has 2 aliphatic heterocycles. The third-order valence-electron chi connectivity index (χ3n) is 6.39. The van der Waals surface area contributed by atoms with Crippen LogP contribution in [0.25, 0.3) is 0 Å². The molecule has 0 aromatic rings. The van der Waals surface area contributed by atoms with Gasteiger partial charge in [-0.25, -0.2) is 4.79 Å². The van der Waals surface area contributed by atoms with Crippen LogP contribution in [-0.2, 0) is 14.0 Å². The number of carbonyl (C=O) groups is 1. The second kappa shape index (κ2) is 7.66. The Morgan fingerprint density at radius 1 is 1.10 bits per heavy atom. The number of rotatable bonds is 2. The van der Waals surface area contributed by atoms with E-state index in [-0.39, 0.29) is 24.4 Å². The Balaban J connectivity index is 1.65. The molecule has 3 aliphatic rings. The fourth-order valence-corrected chi connectivity index (χ4v) is 3.78. The van der Waals surface area contributed by atoms with Gasteiger partial charge in [0, 0.05) is 31.9 Å². The summed E-state index contributed by atoms with van der Waals surface area (Å²) in [4.78, 5) is 16.5. The second-order valence-electron chi connectivity index (χ2n) is 10.5. The number of allylic oxidation sites excluding steroid dienone is 3. The topological polar surface area (TPSA) is 51.2 Å². The zero-order valence-corrected chi connectivity index (χ0v) is 19.4. The zero-order valence-electron chi connectivity index (χ0n) is 19.4. The van der Waals surface area contributed by atoms with Crippen LogP contribution in [0.5, 0.6) is 0 Å². The van der Waals surface area contributed by atoms with E-state index in [0.717, 1.165) is 19.5 Å². The lowest BCUT2D eigenvalue weighted by molar-refractivity contribution is 0.00578. The number of carbonyl (C=O) groups excluding carboxylic acids is 1. The first-order valence-electron chi connectivity index (χ1n) is 10.8. The Bertz CT molecular complexity index is 684. The fourth-order valence-electron chi connectivity index (χ4n) is 3.78. The van der Waals surface area contributed by atoms with Crippen LogP contribution >= 0.6 is 0 Å². The maximum atomic E-state index is 12.3. The van der Waals surface area contributed by atoms with Gasteiger partial charge in [-0.2, -0.15) is 0 Å². The van der Waals surface area contributed by atoms with E-state index in [1.807, 2.05) is 20.8 Å². The fraction of sp³-hybridized carbons (Fsp3) is 0.773. The molecule has 1 unspecified atom stereocenters. The summed E-state index contributed by atoms with van der Waals surface area (Å²) in [6.07, 6.45) is 5.27. The minimum absolute atomic E-state index is 0.225. The third kappa shape index (κ3) is 4.83. The maximum Gasteiger partial charge on any atom is 0.490 e. The Morgan fingerprint density at radius 2 is 1.66 bits per heavy atom. The molecule has 0 aromatic heterocycles. The number of hydrogen-bond donors (Lipinski definition) is 0. The van der Waals surface area contributed by atoms with Crippen LogP contribution in [0.2, 0.25) is 0 Å². The molecule has 1 atom stereocenters. The lowest BCUT2D eigenvalue weighted by atomic mass is 9.68. The van der Waals surface area contributed by atoms with Crippen molar-refractivity contribution in [1.29, 1.82) is 0 Å². The summed E-state index contributed by atoms with van der Waals surface area (Å²) >= 11 is 0. The third-order valence-corrected chi connectivity index (χ3v) is 6.39. The van der Waals surface area contributed by atoms with Crippen LogP contribution in [0.3, 0.4) is 0 Å². The van der Waals surface area contributed by atoms with E-state index >= 15 is 0 Å². The first kappa shape index (κ1) is 22.2. The zero-order chi connectivity index (χ0) is 21.6. The van der Waals surface area contributed by atoms with Gasteiger partial charge in [-0.3, -0.25) is 0 Å². The van der Waals surface area contributed by atoms with Gasteiger partial charge in [-0.1, -0.05) is 13.0 Å². The van der Waals surface area contributed by atoms with E-state index in [1.54, 1.807) is 4.90 Å². The van der Waals surface area contributed by atoms with Crippen molar-refractivity contribution in [2.75, 3.05) is 26.2 Å². The highest BCUT2D eigenvalue weighted by Crippen LogP contribution is 2.41. The number of ether oxygens (including phenoxy) is 1. The number of nitrogens with zero attached hydrogens (tertiary/aromatic N) is 2. The normalized spacial score (nSPS) is 26.9. The van der Waals surface area contributed by atoms with Crippen molar-refractivity contribution in [3.63, 3.8) is 0 Å². The minimum Gasteiger partial charge on any atom is -0.444 e. The molecule has 0 spiro atoms. The van der Waals surface area contributed by atoms with Crippen LogP contribution in [0.15, 0.2) is 23.3 Å². The van der Waals surface area contributed by atoms with Crippen molar-refractivity contribution in [3.05, 3.63) is 23.3 Å². The van der Waals surface area contributed by atoms with Crippen molar-refractivity contribution in [2.24, 2.45) is 5.92 Å². The SMILES string of the molecule is CC1CC=C(N2CCN(C(=O)OC(C)(C)C)CC2)C=C1B1OC(C)(C)C(C)(C)O1. The van der Waals surface area contributed by atoms with Crippen molar-refractivity contribution in [2.45, 2.75) is 78.6 Å². The monoisotopic (exact) mass is 404 g/mol. The van der Waals surface area contributed by atoms with Gasteiger partial charge in [0.15, 0.2) is 0 Å². The standard InChI is InChI=1S/C22H37BN2O4/c1-16-9-10-17(15-18(16)23-28-21(5,6)22(7,8)29-23)24-11-13-25(14-12-24)19(26)27-20(2,3)4/h10,15-16H,9,11-14H2,1-8H3. The van der Waals surface area contributed by atoms with E-state index in [4.69, 9.17) is 14.0 Å². The molecule has 0 bridgehead atoms. The summed E-state index contributed by atoms with van der Waals surface area (Å²) in [5, 5.41) is 0. The summed E-state index contributed by atoms with van der Waals surface area (Å²) in [6.45, 7) is 19.2. The summed E-state index contributed by atoms with van der Waals surface area (Å²) in [7, 11) is -0.304. The molecular weight excluding hydrogens is 367 g/mol. The van der Waals surface area contributed by atoms with Crippen LogP contribution in [0, 0.1) is 5.92 Å². The van der Waals surface area contributed by atoms with Gasteiger partial charge in [0.25, 0.3) is 0 Å². The van der Waals surface area contributed by atoms with Gasteiger partial charge in [-0.05, 0) is 72.4 Å². The van der Waals surface area contributed by atoms with Crippen LogP contribution in [0.1, 0.15) is 61.8 Å². The Kier molecular flexibility index (Phi) is 5.87. The lowest BCUT2D eigenvalue weighted by Crippen LogP contribution is -2.49. The van der Waals surface area contributed by atoms with E-state index in [9.17, 15) is 4.79 Å². The van der Waals surface area contributed by atoms with Crippen LogP contribution in [0.4, 0.5) is 4.79 Å². The van der Waals surface area contributed by atoms with Gasteiger partial charge in [0.1, 0.15) is 5.60 Å². The van der Waals surface area contributed by atoms with Crippen LogP contribution < -0.4 is 0 Å². The maximum absolute atomic E-state index is 12.3. The molecule has 0 radical (unpaired) electrons. The molecule has 0 aromatic carbocycles. The summed E-state index contributed by atoms with van der Waals surface area (Å²) < 4.78 is 18.1. The first-order valence-corrected chi connectivity index (χ1v) is 10.8. The van der Waals surface area contributed by atoms with Crippen molar-refractivity contribution in [3.8, 4) is 0 Å². The molecule has 0 saturated carbocycles. The van der Waals surface area contributed by atoms with E-state index in [0.29, 0.717) is 19.0 Å². The molecule has 2 heterocycles. The Hall–Kier alpha value is -1.47. The van der Waals surface area contributed by atoms with Crippen LogP contribution in [-0.4, -0.2) is 66.0 Å². The number of amides is 1. The predicted molar refractivity (Wildman–Crippen MR) is 115 cm³/mol. The van der Waals surface area contributed by atoms with Crippen molar-refractivity contribution < 1.29 is 18.8 Å². The molecule has 7 heteroatoms. The predicted octanol–water partition coefficient (Wildman–Crippen LogP) is 4.02. The van der Waals surface area contributed by atoms with E-state index in [2.05, 4.69) is 51.7 Å². The molecule has 6 nitrogen and oxygen atoms in total. The van der Waals surface area contributed by atoms with E-state index < -0.39 is 5.60 Å². The number of piperazine rings is 1. The molecule has 2 saturated heterocycles. The average Bonchev–Trinajstić information content (AvgIpc) is 2.81. The molecule has 1 aliphatic carbocycles. The van der Waals surface area contributed by atoms with E-state index in [1.165, 1.54) is 11.2 Å². The lowest BCUT2D eigenvalue weighted by Gasteiger charge is -2.38. The molecule has 162 valence electrons. The van der Waals surface area contributed by atoms with Gasteiger partial charge in [0.2, 0.25) is 0 Å². The Labute approximate surface area is 176 Å². The Morgan fingerprint density at radius 3 is 2.17 bits per heavy atom. The van der Waals surface area contributed by atoms with Crippen molar-refractivity contribution in [1.82, 2.24) is 9.80 Å². The average molecular weight is 404 g/mol. The quantitative estimate of drug-likeness (QED) is 0.651. The summed E-state index contributed by atoms with van der Waals surface area (Å²) in [5.41, 5.74) is 1.28. The second-order valence-corrected chi connectivity index (χ2v) is 10.5. The minimum atomic E-state index is -0.462. The smallest absolute Gasteiger partial charge is 0.444 e. The highest BCUT2D eigenvalue weighted by atomic mass is 16.7. The molecule has 1 amide bonds. The van der Waals surface area contributed by atoms with Crippen molar-refractivity contribution >= 4 is 13.2 Å². The van der Waals surface area contributed by atoms with Gasteiger partial charge < -0.3 is 23.8 Å². The number of hydrogen-bond acceptors (Lipinski definition) is 5.